The van der Waals surface area contributed by atoms with Crippen molar-refractivity contribution in [1.29, 1.82) is 0 Å². The van der Waals surface area contributed by atoms with Gasteiger partial charge in [-0.2, -0.15) is 0 Å². The Labute approximate surface area is 266 Å². The van der Waals surface area contributed by atoms with E-state index in [4.69, 9.17) is 0 Å². The second-order valence-corrected chi connectivity index (χ2v) is 11.7. The maximum atomic E-state index is 13.1. The first kappa shape index (κ1) is 30.6. The number of nitrogens with zero attached hydrogens (tertiary/aromatic N) is 6. The number of aromatic hydroxyl groups is 2. The Balaban J connectivity index is 1.23. The number of nitrogens with one attached hydrogen (secondary N) is 2. The molecular weight excluding hydrogens is 580 g/mol. The molecule has 0 aliphatic carbocycles. The Morgan fingerprint density at radius 1 is 0.652 bits per heavy atom. The van der Waals surface area contributed by atoms with Crippen molar-refractivity contribution in [2.24, 2.45) is 0 Å². The average Bonchev–Trinajstić information content (AvgIpc) is 3.71. The summed E-state index contributed by atoms with van der Waals surface area (Å²) < 4.78 is 0. The molecule has 0 bridgehead atoms. The molecular formula is C35H38N8O3. The lowest BCUT2D eigenvalue weighted by Crippen LogP contribution is -2.34. The molecule has 0 aliphatic heterocycles. The summed E-state index contributed by atoms with van der Waals surface area (Å²) in [4.78, 5) is 15.9. The number of hydrogen-bond acceptors (Lipinski definition) is 7. The Kier molecular flexibility index (Phi) is 8.56. The fourth-order valence-corrected chi connectivity index (χ4v) is 5.37. The Bertz CT molecular complexity index is 1820. The van der Waals surface area contributed by atoms with E-state index in [9.17, 15) is 15.0 Å². The molecule has 0 saturated carbocycles. The number of rotatable bonds is 10. The zero-order valence-electron chi connectivity index (χ0n) is 26.4. The predicted molar refractivity (Wildman–Crippen MR) is 178 cm³/mol. The Hall–Kier alpha value is -5.45. The summed E-state index contributed by atoms with van der Waals surface area (Å²) in [6, 6.07) is 22.2. The smallest absolute Gasteiger partial charge is 0.315 e. The highest BCUT2D eigenvalue weighted by Crippen LogP contribution is 2.33. The molecule has 46 heavy (non-hydrogen) atoms. The van der Waals surface area contributed by atoms with E-state index in [0.29, 0.717) is 22.5 Å². The summed E-state index contributed by atoms with van der Waals surface area (Å²) in [5.41, 5.74) is 6.88. The van der Waals surface area contributed by atoms with E-state index in [0.717, 1.165) is 46.0 Å². The van der Waals surface area contributed by atoms with Crippen LogP contribution in [0.15, 0.2) is 72.8 Å². The van der Waals surface area contributed by atoms with Gasteiger partial charge in [0, 0.05) is 24.2 Å². The van der Waals surface area contributed by atoms with E-state index in [1.807, 2.05) is 72.8 Å². The molecule has 2 amide bonds. The van der Waals surface area contributed by atoms with E-state index in [2.05, 4.69) is 58.7 Å². The lowest BCUT2D eigenvalue weighted by molar-refractivity contribution is 0.240. The SMILES string of the molecule is CCC(C)c1cc(CNC(=O)NCc2cc(C(C)CC)cc(-n3nc4ccccc4n3)c2O)c(O)c(-n2nc3ccccc3n2)c1. The molecule has 236 valence electrons. The van der Waals surface area contributed by atoms with Crippen molar-refractivity contribution < 1.29 is 15.0 Å². The Morgan fingerprint density at radius 3 is 1.33 bits per heavy atom. The van der Waals surface area contributed by atoms with Gasteiger partial charge in [-0.1, -0.05) is 52.0 Å². The fraction of sp³-hybridized carbons (Fsp3) is 0.286. The number of carbonyl (C=O) groups excluding carboxylic acids is 1. The molecule has 0 radical (unpaired) electrons. The second kappa shape index (κ2) is 12.9. The third-order valence-corrected chi connectivity index (χ3v) is 8.63. The Morgan fingerprint density at radius 2 is 1.00 bits per heavy atom. The van der Waals surface area contributed by atoms with Crippen LogP contribution in [-0.4, -0.2) is 46.2 Å². The van der Waals surface area contributed by atoms with Gasteiger partial charge in [0.25, 0.3) is 0 Å². The van der Waals surface area contributed by atoms with Crippen LogP contribution >= 0.6 is 0 Å². The number of phenols is 2. The molecule has 11 heteroatoms. The van der Waals surface area contributed by atoms with Gasteiger partial charge in [0.1, 0.15) is 44.9 Å². The number of fused-ring (bicyclic) bond motifs is 2. The summed E-state index contributed by atoms with van der Waals surface area (Å²) >= 11 is 0. The number of urea groups is 1. The maximum absolute atomic E-state index is 13.1. The van der Waals surface area contributed by atoms with Gasteiger partial charge in [-0.15, -0.1) is 30.0 Å². The molecule has 0 aliphatic rings. The maximum Gasteiger partial charge on any atom is 0.315 e. The first-order chi connectivity index (χ1) is 22.2. The van der Waals surface area contributed by atoms with Crippen LogP contribution in [-0.2, 0) is 13.1 Å². The highest BCUT2D eigenvalue weighted by molar-refractivity contribution is 5.76. The molecule has 0 saturated heterocycles. The van der Waals surface area contributed by atoms with Crippen molar-refractivity contribution in [3.63, 3.8) is 0 Å². The standard InChI is InChI=1S/C35H38N8O3/c1-5-21(3)23-15-25(33(44)31(17-23)42-38-27-11-7-8-12-28(27)39-42)19-36-35(46)37-20-26-16-24(22(4)6-2)18-32(34(26)45)43-40-29-13-9-10-14-30(29)41-43/h7-18,21-22,44-45H,5-6,19-20H2,1-4H3,(H2,36,37,46). The van der Waals surface area contributed by atoms with Crippen LogP contribution in [0.25, 0.3) is 33.4 Å². The largest absolute Gasteiger partial charge is 0.505 e. The van der Waals surface area contributed by atoms with Crippen molar-refractivity contribution in [1.82, 2.24) is 40.6 Å². The van der Waals surface area contributed by atoms with Crippen LogP contribution in [0.4, 0.5) is 4.79 Å². The molecule has 6 rings (SSSR count). The molecule has 2 unspecified atom stereocenters. The summed E-state index contributed by atoms with van der Waals surface area (Å²) in [5, 5.41) is 46.5. The van der Waals surface area contributed by atoms with Crippen LogP contribution < -0.4 is 10.6 Å². The highest BCUT2D eigenvalue weighted by atomic mass is 16.3. The van der Waals surface area contributed by atoms with Crippen LogP contribution in [0.2, 0.25) is 0 Å². The minimum absolute atomic E-state index is 0.00434. The van der Waals surface area contributed by atoms with Crippen molar-refractivity contribution in [3.05, 3.63) is 95.1 Å². The first-order valence-electron chi connectivity index (χ1n) is 15.6. The zero-order chi connectivity index (χ0) is 32.4. The molecule has 0 fully saturated rings. The topological polar surface area (TPSA) is 143 Å². The van der Waals surface area contributed by atoms with Gasteiger partial charge in [0.05, 0.1) is 0 Å². The highest BCUT2D eigenvalue weighted by Gasteiger charge is 2.19. The van der Waals surface area contributed by atoms with Crippen LogP contribution in [0.1, 0.15) is 74.6 Å². The van der Waals surface area contributed by atoms with Crippen LogP contribution in [0, 0.1) is 0 Å². The van der Waals surface area contributed by atoms with Crippen molar-refractivity contribution >= 4 is 28.1 Å². The van der Waals surface area contributed by atoms with Gasteiger partial charge in [-0.25, -0.2) is 4.79 Å². The van der Waals surface area contributed by atoms with Gasteiger partial charge < -0.3 is 20.8 Å². The number of amides is 2. The van der Waals surface area contributed by atoms with E-state index in [1.54, 1.807) is 0 Å². The normalized spacial score (nSPS) is 12.8. The van der Waals surface area contributed by atoms with E-state index >= 15 is 0 Å². The molecule has 2 aromatic heterocycles. The number of carbonyl (C=O) groups is 1. The minimum Gasteiger partial charge on any atom is -0.505 e. The second-order valence-electron chi connectivity index (χ2n) is 11.7. The van der Waals surface area contributed by atoms with Crippen molar-refractivity contribution in [2.75, 3.05) is 0 Å². The molecule has 2 heterocycles. The van der Waals surface area contributed by atoms with Crippen LogP contribution in [0.5, 0.6) is 11.5 Å². The number of hydrogen-bond donors (Lipinski definition) is 4. The van der Waals surface area contributed by atoms with Crippen molar-refractivity contribution in [2.45, 2.75) is 65.5 Å². The lowest BCUT2D eigenvalue weighted by Gasteiger charge is -2.17. The van der Waals surface area contributed by atoms with Gasteiger partial charge in [0.15, 0.2) is 0 Å². The van der Waals surface area contributed by atoms with Gasteiger partial charge in [0.2, 0.25) is 0 Å². The van der Waals surface area contributed by atoms with E-state index in [1.165, 1.54) is 9.59 Å². The average molecular weight is 619 g/mol. The quantitative estimate of drug-likeness (QED) is 0.136. The van der Waals surface area contributed by atoms with E-state index < -0.39 is 6.03 Å². The summed E-state index contributed by atoms with van der Waals surface area (Å²) in [6.07, 6.45) is 1.80. The number of aromatic nitrogens is 6. The molecule has 4 N–H and O–H groups in total. The molecule has 4 aromatic carbocycles. The summed E-state index contributed by atoms with van der Waals surface area (Å²) in [6.45, 7) is 8.58. The monoisotopic (exact) mass is 618 g/mol. The summed E-state index contributed by atoms with van der Waals surface area (Å²) in [5.74, 6) is 0.424. The number of benzene rings is 4. The molecule has 2 atom stereocenters. The van der Waals surface area contributed by atoms with Crippen LogP contribution in [0.3, 0.4) is 0 Å². The zero-order valence-corrected chi connectivity index (χ0v) is 26.4. The van der Waals surface area contributed by atoms with Gasteiger partial charge in [-0.05, 0) is 84.3 Å². The molecule has 0 spiro atoms. The number of phenolic OH excluding ortho intramolecular Hbond substituents is 2. The van der Waals surface area contributed by atoms with E-state index in [-0.39, 0.29) is 36.4 Å². The summed E-state index contributed by atoms with van der Waals surface area (Å²) in [7, 11) is 0. The van der Waals surface area contributed by atoms with Gasteiger partial charge in [-0.3, -0.25) is 0 Å². The minimum atomic E-state index is -0.448. The molecule has 6 aromatic rings. The predicted octanol–water partition coefficient (Wildman–Crippen LogP) is 6.59. The molecule has 11 nitrogen and oxygen atoms in total. The van der Waals surface area contributed by atoms with Crippen molar-refractivity contribution in [3.8, 4) is 22.9 Å². The third-order valence-electron chi connectivity index (χ3n) is 8.63. The first-order valence-corrected chi connectivity index (χ1v) is 15.6. The lowest BCUT2D eigenvalue weighted by atomic mass is 9.95. The third kappa shape index (κ3) is 6.08. The fourth-order valence-electron chi connectivity index (χ4n) is 5.37. The van der Waals surface area contributed by atoms with Gasteiger partial charge >= 0.3 is 6.03 Å².